The minimum atomic E-state index is -0.445. The van der Waals surface area contributed by atoms with Gasteiger partial charge in [-0.25, -0.2) is 9.59 Å². The summed E-state index contributed by atoms with van der Waals surface area (Å²) in [6.07, 6.45) is 0.748. The van der Waals surface area contributed by atoms with Gasteiger partial charge < -0.3 is 14.8 Å². The van der Waals surface area contributed by atoms with E-state index in [1.807, 2.05) is 31.2 Å². The normalized spacial score (nSPS) is 15.8. The average Bonchev–Trinajstić information content (AvgIpc) is 2.66. The Kier molecular flexibility index (Phi) is 4.88. The standard InChI is InChI=1S/C19H20N2O4/c1-3-15-12-21(16-9-4-5-10-17(16)25-15)19(23)20-14-8-6-7-13(11-14)18(22)24-2/h4-11,15H,3,12H2,1-2H3,(H,20,23)/t15-/m0/s1. The van der Waals surface area contributed by atoms with Crippen molar-refractivity contribution in [3.63, 3.8) is 0 Å². The summed E-state index contributed by atoms with van der Waals surface area (Å²) in [5, 5.41) is 2.84. The molecule has 0 fully saturated rings. The number of carbonyl (C=O) groups is 2. The van der Waals surface area contributed by atoms with E-state index < -0.39 is 5.97 Å². The molecule has 0 bridgehead atoms. The maximum atomic E-state index is 12.8. The summed E-state index contributed by atoms with van der Waals surface area (Å²) in [6, 6.07) is 13.8. The fourth-order valence-corrected chi connectivity index (χ4v) is 2.74. The maximum absolute atomic E-state index is 12.8. The predicted octanol–water partition coefficient (Wildman–Crippen LogP) is 3.68. The maximum Gasteiger partial charge on any atom is 0.337 e. The van der Waals surface area contributed by atoms with Gasteiger partial charge in [-0.2, -0.15) is 0 Å². The number of urea groups is 1. The number of esters is 1. The van der Waals surface area contributed by atoms with E-state index in [9.17, 15) is 9.59 Å². The van der Waals surface area contributed by atoms with Gasteiger partial charge in [0.1, 0.15) is 11.9 Å². The van der Waals surface area contributed by atoms with E-state index in [0.29, 0.717) is 23.5 Å². The monoisotopic (exact) mass is 340 g/mol. The van der Waals surface area contributed by atoms with Crippen LogP contribution in [0.15, 0.2) is 48.5 Å². The lowest BCUT2D eigenvalue weighted by Crippen LogP contribution is -2.45. The Hall–Kier alpha value is -3.02. The number of hydrogen-bond acceptors (Lipinski definition) is 4. The number of hydrogen-bond donors (Lipinski definition) is 1. The smallest absolute Gasteiger partial charge is 0.337 e. The highest BCUT2D eigenvalue weighted by Crippen LogP contribution is 2.34. The number of rotatable bonds is 3. The van der Waals surface area contributed by atoms with Gasteiger partial charge in [0.25, 0.3) is 0 Å². The van der Waals surface area contributed by atoms with Crippen LogP contribution in [0, 0.1) is 0 Å². The Morgan fingerprint density at radius 2 is 2.04 bits per heavy atom. The number of nitrogens with one attached hydrogen (secondary N) is 1. The summed E-state index contributed by atoms with van der Waals surface area (Å²) < 4.78 is 10.6. The lowest BCUT2D eigenvalue weighted by atomic mass is 10.1. The van der Waals surface area contributed by atoms with Crippen LogP contribution in [-0.2, 0) is 4.74 Å². The lowest BCUT2D eigenvalue weighted by Gasteiger charge is -2.34. The molecule has 1 aliphatic rings. The van der Waals surface area contributed by atoms with Gasteiger partial charge in [-0.05, 0) is 36.8 Å². The highest BCUT2D eigenvalue weighted by Gasteiger charge is 2.28. The van der Waals surface area contributed by atoms with Crippen LogP contribution in [0.4, 0.5) is 16.2 Å². The van der Waals surface area contributed by atoms with Gasteiger partial charge in [0.15, 0.2) is 0 Å². The van der Waals surface area contributed by atoms with E-state index in [0.717, 1.165) is 12.1 Å². The molecular formula is C19H20N2O4. The Bertz CT molecular complexity index is 790. The fourth-order valence-electron chi connectivity index (χ4n) is 2.74. The summed E-state index contributed by atoms with van der Waals surface area (Å²) in [7, 11) is 1.32. The first-order chi connectivity index (χ1) is 12.1. The Morgan fingerprint density at radius 3 is 2.80 bits per heavy atom. The van der Waals surface area contributed by atoms with Gasteiger partial charge in [-0.1, -0.05) is 25.1 Å². The first-order valence-corrected chi connectivity index (χ1v) is 8.15. The van der Waals surface area contributed by atoms with E-state index in [-0.39, 0.29) is 12.1 Å². The molecule has 130 valence electrons. The van der Waals surface area contributed by atoms with Crippen molar-refractivity contribution in [2.75, 3.05) is 23.9 Å². The number of benzene rings is 2. The lowest BCUT2D eigenvalue weighted by molar-refractivity contribution is 0.0600. The van der Waals surface area contributed by atoms with E-state index in [1.165, 1.54) is 7.11 Å². The molecule has 1 heterocycles. The molecule has 1 aliphatic heterocycles. The molecule has 1 N–H and O–H groups in total. The summed E-state index contributed by atoms with van der Waals surface area (Å²) >= 11 is 0. The first kappa shape index (κ1) is 16.8. The molecule has 25 heavy (non-hydrogen) atoms. The quantitative estimate of drug-likeness (QED) is 0.866. The SMILES string of the molecule is CC[C@H]1CN(C(=O)Nc2cccc(C(=O)OC)c2)c2ccccc2O1. The predicted molar refractivity (Wildman–Crippen MR) is 95.3 cm³/mol. The molecule has 1 atom stereocenters. The average molecular weight is 340 g/mol. The van der Waals surface area contributed by atoms with Gasteiger partial charge in [0.2, 0.25) is 0 Å². The Morgan fingerprint density at radius 1 is 1.24 bits per heavy atom. The van der Waals surface area contributed by atoms with Crippen molar-refractivity contribution in [3.8, 4) is 5.75 Å². The molecule has 2 aromatic carbocycles. The van der Waals surface area contributed by atoms with Gasteiger partial charge in [0, 0.05) is 5.69 Å². The summed E-state index contributed by atoms with van der Waals surface area (Å²) in [4.78, 5) is 26.1. The van der Waals surface area contributed by atoms with Gasteiger partial charge in [-0.3, -0.25) is 4.90 Å². The zero-order chi connectivity index (χ0) is 17.8. The number of para-hydroxylation sites is 2. The second-order valence-corrected chi connectivity index (χ2v) is 5.73. The van der Waals surface area contributed by atoms with Crippen molar-refractivity contribution in [2.45, 2.75) is 19.4 Å². The Balaban J connectivity index is 1.82. The third-order valence-corrected chi connectivity index (χ3v) is 4.07. The molecular weight excluding hydrogens is 320 g/mol. The van der Waals surface area contributed by atoms with Crippen molar-refractivity contribution in [1.29, 1.82) is 0 Å². The molecule has 2 aromatic rings. The molecule has 0 radical (unpaired) electrons. The van der Waals surface area contributed by atoms with Gasteiger partial charge >= 0.3 is 12.0 Å². The number of anilines is 2. The van der Waals surface area contributed by atoms with Crippen LogP contribution < -0.4 is 15.0 Å². The van der Waals surface area contributed by atoms with Gasteiger partial charge in [-0.15, -0.1) is 0 Å². The van der Waals surface area contributed by atoms with Crippen molar-refractivity contribution in [3.05, 3.63) is 54.1 Å². The van der Waals surface area contributed by atoms with Crippen LogP contribution in [0.2, 0.25) is 0 Å². The molecule has 2 amide bonds. The number of carbonyl (C=O) groups excluding carboxylic acids is 2. The topological polar surface area (TPSA) is 67.9 Å². The van der Waals surface area contributed by atoms with Crippen LogP contribution in [0.3, 0.4) is 0 Å². The number of ether oxygens (including phenoxy) is 2. The molecule has 0 aromatic heterocycles. The van der Waals surface area contributed by atoms with E-state index in [4.69, 9.17) is 9.47 Å². The van der Waals surface area contributed by atoms with Crippen LogP contribution >= 0.6 is 0 Å². The third-order valence-electron chi connectivity index (χ3n) is 4.07. The molecule has 0 saturated carbocycles. The molecule has 0 spiro atoms. The minimum Gasteiger partial charge on any atom is -0.486 e. The van der Waals surface area contributed by atoms with E-state index in [1.54, 1.807) is 29.2 Å². The molecule has 0 aliphatic carbocycles. The fraction of sp³-hybridized carbons (Fsp3) is 0.263. The molecule has 0 saturated heterocycles. The summed E-state index contributed by atoms with van der Waals surface area (Å²) in [5.41, 5.74) is 1.65. The second-order valence-electron chi connectivity index (χ2n) is 5.73. The molecule has 3 rings (SSSR count). The number of fused-ring (bicyclic) bond motifs is 1. The van der Waals surface area contributed by atoms with Crippen LogP contribution in [0.25, 0.3) is 0 Å². The summed E-state index contributed by atoms with van der Waals surface area (Å²) in [5.74, 6) is 0.248. The third kappa shape index (κ3) is 3.57. The molecule has 0 unspecified atom stereocenters. The van der Waals surface area contributed by atoms with E-state index >= 15 is 0 Å². The van der Waals surface area contributed by atoms with E-state index in [2.05, 4.69) is 5.32 Å². The van der Waals surface area contributed by atoms with Crippen molar-refractivity contribution < 1.29 is 19.1 Å². The minimum absolute atomic E-state index is 0.0537. The number of nitrogens with zero attached hydrogens (tertiary/aromatic N) is 1. The largest absolute Gasteiger partial charge is 0.486 e. The highest BCUT2D eigenvalue weighted by molar-refractivity contribution is 6.03. The van der Waals surface area contributed by atoms with Gasteiger partial charge in [0.05, 0.1) is 24.9 Å². The van der Waals surface area contributed by atoms with Crippen molar-refractivity contribution >= 4 is 23.4 Å². The van der Waals surface area contributed by atoms with Crippen molar-refractivity contribution in [2.24, 2.45) is 0 Å². The van der Waals surface area contributed by atoms with Crippen LogP contribution in [0.1, 0.15) is 23.7 Å². The van der Waals surface area contributed by atoms with Crippen LogP contribution in [0.5, 0.6) is 5.75 Å². The zero-order valence-corrected chi connectivity index (χ0v) is 14.2. The van der Waals surface area contributed by atoms with Crippen molar-refractivity contribution in [1.82, 2.24) is 0 Å². The number of methoxy groups -OCH3 is 1. The highest BCUT2D eigenvalue weighted by atomic mass is 16.5. The summed E-state index contributed by atoms with van der Waals surface area (Å²) in [6.45, 7) is 2.49. The Labute approximate surface area is 146 Å². The second kappa shape index (κ2) is 7.25. The zero-order valence-electron chi connectivity index (χ0n) is 14.2. The van der Waals surface area contributed by atoms with Crippen LogP contribution in [-0.4, -0.2) is 31.8 Å². The molecule has 6 heteroatoms. The molecule has 6 nitrogen and oxygen atoms in total. The number of amides is 2. The first-order valence-electron chi connectivity index (χ1n) is 8.15.